The molecule has 0 spiro atoms. The van der Waals surface area contributed by atoms with Gasteiger partial charge in [-0.05, 0) is 43.4 Å². The average molecular weight is 403 g/mol. The lowest BCUT2D eigenvalue weighted by Crippen LogP contribution is -2.49. The van der Waals surface area contributed by atoms with Gasteiger partial charge in [-0.25, -0.2) is 0 Å². The van der Waals surface area contributed by atoms with Crippen LogP contribution in [-0.4, -0.2) is 42.4 Å². The van der Waals surface area contributed by atoms with Crippen molar-refractivity contribution in [1.29, 1.82) is 0 Å². The fourth-order valence-electron chi connectivity index (χ4n) is 5.47. The van der Waals surface area contributed by atoms with E-state index in [-0.39, 0.29) is 11.6 Å². The molecule has 2 bridgehead atoms. The van der Waals surface area contributed by atoms with Crippen LogP contribution in [0.4, 0.5) is 5.95 Å². The number of rotatable bonds is 2. The van der Waals surface area contributed by atoms with Gasteiger partial charge in [0.1, 0.15) is 5.65 Å². The Morgan fingerprint density at radius 3 is 2.70 bits per heavy atom. The van der Waals surface area contributed by atoms with Crippen molar-refractivity contribution >= 4 is 27.9 Å². The third-order valence-electron chi connectivity index (χ3n) is 6.82. The van der Waals surface area contributed by atoms with E-state index in [1.165, 1.54) is 0 Å². The molecule has 0 radical (unpaired) electrons. The Morgan fingerprint density at radius 1 is 1.17 bits per heavy atom. The molecule has 0 amide bonds. The number of hydrogen-bond acceptors (Lipinski definition) is 5. The smallest absolute Gasteiger partial charge is 0.264 e. The fraction of sp³-hybridized carbons (Fsp3) is 0.409. The summed E-state index contributed by atoms with van der Waals surface area (Å²) in [6.07, 6.45) is 8.04. The summed E-state index contributed by atoms with van der Waals surface area (Å²) in [7, 11) is 3.74. The summed E-state index contributed by atoms with van der Waals surface area (Å²) >= 11 is 0. The van der Waals surface area contributed by atoms with Gasteiger partial charge >= 0.3 is 0 Å². The van der Waals surface area contributed by atoms with E-state index in [2.05, 4.69) is 21.0 Å². The first kappa shape index (κ1) is 17.7. The van der Waals surface area contributed by atoms with Gasteiger partial charge < -0.3 is 15.6 Å². The van der Waals surface area contributed by atoms with Crippen LogP contribution >= 0.6 is 0 Å². The highest BCUT2D eigenvalue weighted by atomic mass is 16.1. The van der Waals surface area contributed by atoms with Crippen molar-refractivity contribution in [3.05, 3.63) is 40.9 Å². The monoisotopic (exact) mass is 403 g/mol. The van der Waals surface area contributed by atoms with Crippen LogP contribution in [0, 0.1) is 0 Å². The molecule has 3 aromatic heterocycles. The molecule has 154 valence electrons. The summed E-state index contributed by atoms with van der Waals surface area (Å²) in [6.45, 7) is 0. The molecular formula is C22H25N7O. The molecule has 2 aliphatic heterocycles. The number of piperidine rings is 1. The highest BCUT2D eigenvalue weighted by Gasteiger charge is 2.41. The van der Waals surface area contributed by atoms with E-state index in [4.69, 9.17) is 10.7 Å². The Bertz CT molecular complexity index is 1330. The van der Waals surface area contributed by atoms with E-state index < -0.39 is 0 Å². The second-order valence-electron chi connectivity index (χ2n) is 8.80. The predicted molar refractivity (Wildman–Crippen MR) is 118 cm³/mol. The first-order chi connectivity index (χ1) is 14.5. The number of benzene rings is 1. The molecule has 4 aromatic rings. The van der Waals surface area contributed by atoms with Gasteiger partial charge in [-0.2, -0.15) is 10.1 Å². The van der Waals surface area contributed by atoms with Gasteiger partial charge in [0.2, 0.25) is 5.95 Å². The Labute approximate surface area is 173 Å². The second kappa shape index (κ2) is 6.18. The Morgan fingerprint density at radius 2 is 1.93 bits per heavy atom. The number of anilines is 1. The zero-order valence-electron chi connectivity index (χ0n) is 17.2. The Balaban J connectivity index is 1.49. The standard InChI is InChI=1S/C22H25N7O/c1-27-11-13-7-12(3-6-18(13)26-27)17-10-24-20-19(17)21(30)28(2)22(25-20)29-15-4-5-16(29)9-14(23)8-15/h3,6-7,10-11,14-16,24H,4-5,8-9,23H2,1-2H3/t14-,15+,16-. The minimum absolute atomic E-state index is 0.0215. The summed E-state index contributed by atoms with van der Waals surface area (Å²) in [5.74, 6) is 0.753. The van der Waals surface area contributed by atoms with Crippen molar-refractivity contribution < 1.29 is 0 Å². The van der Waals surface area contributed by atoms with Crippen LogP contribution in [0.2, 0.25) is 0 Å². The number of aromatic amines is 1. The molecule has 8 nitrogen and oxygen atoms in total. The van der Waals surface area contributed by atoms with Gasteiger partial charge in [-0.1, -0.05) is 6.07 Å². The minimum Gasteiger partial charge on any atom is -0.345 e. The fourth-order valence-corrected chi connectivity index (χ4v) is 5.47. The highest BCUT2D eigenvalue weighted by Crippen LogP contribution is 2.38. The number of aryl methyl sites for hydroxylation is 1. The summed E-state index contributed by atoms with van der Waals surface area (Å²) in [5.41, 5.74) is 9.65. The summed E-state index contributed by atoms with van der Waals surface area (Å²) < 4.78 is 3.51. The summed E-state index contributed by atoms with van der Waals surface area (Å²) in [5, 5.41) is 6.11. The molecule has 2 saturated heterocycles. The summed E-state index contributed by atoms with van der Waals surface area (Å²) in [4.78, 5) is 24.0. The Kier molecular flexibility index (Phi) is 3.65. The van der Waals surface area contributed by atoms with E-state index in [9.17, 15) is 4.79 Å². The lowest BCUT2D eigenvalue weighted by Gasteiger charge is -2.38. The zero-order valence-corrected chi connectivity index (χ0v) is 17.2. The third kappa shape index (κ3) is 2.46. The number of nitrogens with zero attached hydrogens (tertiary/aromatic N) is 5. The topological polar surface area (TPSA) is 97.8 Å². The molecule has 3 N–H and O–H groups in total. The van der Waals surface area contributed by atoms with Gasteiger partial charge in [0, 0.05) is 55.6 Å². The van der Waals surface area contributed by atoms with Crippen LogP contribution in [-0.2, 0) is 14.1 Å². The van der Waals surface area contributed by atoms with Crippen LogP contribution in [0.5, 0.6) is 0 Å². The zero-order chi connectivity index (χ0) is 20.6. The number of nitrogens with two attached hydrogens (primary N) is 1. The number of H-pyrrole nitrogens is 1. The second-order valence-corrected chi connectivity index (χ2v) is 8.80. The van der Waals surface area contributed by atoms with Crippen molar-refractivity contribution in [3.8, 4) is 11.1 Å². The van der Waals surface area contributed by atoms with Crippen molar-refractivity contribution in [2.24, 2.45) is 19.8 Å². The summed E-state index contributed by atoms with van der Waals surface area (Å²) in [6, 6.07) is 7.07. The number of aromatic nitrogens is 5. The third-order valence-corrected chi connectivity index (χ3v) is 6.82. The molecule has 5 heterocycles. The minimum atomic E-state index is -0.0215. The molecule has 2 aliphatic rings. The molecule has 2 fully saturated rings. The van der Waals surface area contributed by atoms with Crippen molar-refractivity contribution in [1.82, 2.24) is 24.3 Å². The van der Waals surface area contributed by atoms with Crippen molar-refractivity contribution in [2.75, 3.05) is 4.90 Å². The van der Waals surface area contributed by atoms with Gasteiger partial charge in [0.25, 0.3) is 5.56 Å². The van der Waals surface area contributed by atoms with Crippen molar-refractivity contribution in [2.45, 2.75) is 43.8 Å². The molecule has 30 heavy (non-hydrogen) atoms. The van der Waals surface area contributed by atoms with Gasteiger partial charge in [-0.3, -0.25) is 14.0 Å². The van der Waals surface area contributed by atoms with Crippen LogP contribution in [0.15, 0.2) is 35.4 Å². The van der Waals surface area contributed by atoms with Gasteiger partial charge in [0.15, 0.2) is 0 Å². The van der Waals surface area contributed by atoms with Crippen molar-refractivity contribution in [3.63, 3.8) is 0 Å². The number of nitrogens with one attached hydrogen (secondary N) is 1. The van der Waals surface area contributed by atoms with E-state index in [0.717, 1.165) is 53.7 Å². The highest BCUT2D eigenvalue weighted by molar-refractivity contribution is 5.96. The first-order valence-electron chi connectivity index (χ1n) is 10.6. The van der Waals surface area contributed by atoms with Gasteiger partial charge in [0.05, 0.1) is 10.9 Å². The van der Waals surface area contributed by atoms with Crippen LogP contribution in [0.25, 0.3) is 33.1 Å². The molecule has 8 heteroatoms. The quantitative estimate of drug-likeness (QED) is 0.535. The molecule has 1 aromatic carbocycles. The maximum Gasteiger partial charge on any atom is 0.264 e. The average Bonchev–Trinajstić information content (AvgIpc) is 3.37. The Hall–Kier alpha value is -3.13. The maximum absolute atomic E-state index is 13.4. The van der Waals surface area contributed by atoms with E-state index >= 15 is 0 Å². The van der Waals surface area contributed by atoms with E-state index in [0.29, 0.717) is 23.1 Å². The number of hydrogen-bond donors (Lipinski definition) is 2. The van der Waals surface area contributed by atoms with E-state index in [1.807, 2.05) is 38.6 Å². The number of fused-ring (bicyclic) bond motifs is 4. The lowest BCUT2D eigenvalue weighted by atomic mass is 9.98. The van der Waals surface area contributed by atoms with E-state index in [1.54, 1.807) is 9.25 Å². The molecular weight excluding hydrogens is 378 g/mol. The molecule has 0 aliphatic carbocycles. The first-order valence-corrected chi connectivity index (χ1v) is 10.6. The SMILES string of the molecule is Cn1cc2cc(-c3c[nH]c4nc(N5[C@@H]6CC[C@H]5C[C@@H](N)C6)n(C)c(=O)c34)ccc2n1. The lowest BCUT2D eigenvalue weighted by molar-refractivity contribution is 0.405. The maximum atomic E-state index is 13.4. The molecule has 6 rings (SSSR count). The van der Waals surface area contributed by atoms with Crippen LogP contribution < -0.4 is 16.2 Å². The largest absolute Gasteiger partial charge is 0.345 e. The predicted octanol–water partition coefficient (Wildman–Crippen LogP) is 2.27. The van der Waals surface area contributed by atoms with Crippen LogP contribution in [0.1, 0.15) is 25.7 Å². The normalized spacial score (nSPS) is 23.7. The van der Waals surface area contributed by atoms with Crippen LogP contribution in [0.3, 0.4) is 0 Å². The molecule has 0 saturated carbocycles. The molecule has 3 atom stereocenters. The van der Waals surface area contributed by atoms with Gasteiger partial charge in [-0.15, -0.1) is 0 Å². The molecule has 0 unspecified atom stereocenters.